The molecular formula is C15H24N2. The van der Waals surface area contributed by atoms with Crippen molar-refractivity contribution in [3.63, 3.8) is 0 Å². The molecule has 1 spiro atoms. The fourth-order valence-electron chi connectivity index (χ4n) is 3.27. The van der Waals surface area contributed by atoms with E-state index in [9.17, 15) is 0 Å². The van der Waals surface area contributed by atoms with Gasteiger partial charge in [0.05, 0.1) is 0 Å². The van der Waals surface area contributed by atoms with Crippen LogP contribution in [0.3, 0.4) is 0 Å². The summed E-state index contributed by atoms with van der Waals surface area (Å²) in [5.74, 6) is 0. The number of hydrogen-bond acceptors (Lipinski definition) is 2. The van der Waals surface area contributed by atoms with Gasteiger partial charge < -0.3 is 10.6 Å². The van der Waals surface area contributed by atoms with Crippen LogP contribution in [0.5, 0.6) is 0 Å². The number of hydrogen-bond donors (Lipinski definition) is 2. The van der Waals surface area contributed by atoms with Crippen molar-refractivity contribution in [3.05, 3.63) is 24.0 Å². The average molecular weight is 232 g/mol. The first-order valence-electron chi connectivity index (χ1n) is 7.07. The highest BCUT2D eigenvalue weighted by atomic mass is 15.0. The summed E-state index contributed by atoms with van der Waals surface area (Å²) in [5.41, 5.74) is 2.44. The summed E-state index contributed by atoms with van der Waals surface area (Å²) in [6.07, 6.45) is 15.3. The largest absolute Gasteiger partial charge is 0.366 e. The molecule has 3 rings (SSSR count). The third kappa shape index (κ3) is 2.28. The molecule has 1 aliphatic heterocycles. The first kappa shape index (κ1) is 11.3. The Kier molecular flexibility index (Phi) is 2.78. The van der Waals surface area contributed by atoms with Crippen LogP contribution in [0.15, 0.2) is 24.0 Å². The minimum atomic E-state index is 0.385. The van der Waals surface area contributed by atoms with Crippen molar-refractivity contribution < 1.29 is 0 Å². The number of allylic oxidation sites excluding steroid dienone is 2. The van der Waals surface area contributed by atoms with Gasteiger partial charge in [0.2, 0.25) is 0 Å². The second kappa shape index (κ2) is 4.16. The normalized spacial score (nSPS) is 29.6. The standard InChI is InChI=1S/C15H24N2/c1-14(11-16-12-14)8-9-17-13-4-2-5-15(10-13)6-3-7-15/h8-10,16-17H,2-7,11-12H2,1H3/b9-8-. The Morgan fingerprint density at radius 2 is 2.00 bits per heavy atom. The molecule has 94 valence electrons. The first-order valence-corrected chi connectivity index (χ1v) is 7.07. The molecule has 1 saturated heterocycles. The summed E-state index contributed by atoms with van der Waals surface area (Å²) < 4.78 is 0. The van der Waals surface area contributed by atoms with E-state index in [4.69, 9.17) is 0 Å². The zero-order chi connectivity index (χ0) is 11.8. The van der Waals surface area contributed by atoms with E-state index in [1.165, 1.54) is 44.2 Å². The smallest absolute Gasteiger partial charge is 0.0120 e. The quantitative estimate of drug-likeness (QED) is 0.782. The van der Waals surface area contributed by atoms with Gasteiger partial charge in [-0.2, -0.15) is 0 Å². The fraction of sp³-hybridized carbons (Fsp3) is 0.733. The van der Waals surface area contributed by atoms with E-state index in [1.54, 1.807) is 0 Å². The Hall–Kier alpha value is -0.760. The molecule has 2 N–H and O–H groups in total. The molecule has 0 aromatic rings. The fourth-order valence-corrected chi connectivity index (χ4v) is 3.27. The van der Waals surface area contributed by atoms with Crippen molar-refractivity contribution in [2.75, 3.05) is 13.1 Å². The summed E-state index contributed by atoms with van der Waals surface area (Å²) in [6.45, 7) is 4.55. The third-order valence-corrected chi connectivity index (χ3v) is 4.76. The minimum absolute atomic E-state index is 0.385. The number of rotatable bonds is 3. The topological polar surface area (TPSA) is 24.1 Å². The van der Waals surface area contributed by atoms with Gasteiger partial charge in [0.1, 0.15) is 0 Å². The Balaban J connectivity index is 1.57. The molecule has 2 aliphatic carbocycles. The van der Waals surface area contributed by atoms with Crippen LogP contribution in [-0.4, -0.2) is 13.1 Å². The Morgan fingerprint density at radius 1 is 1.24 bits per heavy atom. The lowest BCUT2D eigenvalue weighted by molar-refractivity contribution is 0.172. The van der Waals surface area contributed by atoms with Gasteiger partial charge in [-0.25, -0.2) is 0 Å². The van der Waals surface area contributed by atoms with Crippen molar-refractivity contribution in [2.24, 2.45) is 10.8 Å². The van der Waals surface area contributed by atoms with Crippen LogP contribution in [0, 0.1) is 10.8 Å². The monoisotopic (exact) mass is 232 g/mol. The van der Waals surface area contributed by atoms with Crippen LogP contribution in [0.1, 0.15) is 45.4 Å². The van der Waals surface area contributed by atoms with Crippen LogP contribution in [0.4, 0.5) is 0 Å². The van der Waals surface area contributed by atoms with Gasteiger partial charge in [-0.3, -0.25) is 0 Å². The predicted octanol–water partition coefficient (Wildman–Crippen LogP) is 2.94. The maximum Gasteiger partial charge on any atom is 0.0120 e. The van der Waals surface area contributed by atoms with E-state index in [2.05, 4.69) is 35.9 Å². The van der Waals surface area contributed by atoms with Crippen molar-refractivity contribution in [1.82, 2.24) is 10.6 Å². The third-order valence-electron chi connectivity index (χ3n) is 4.76. The van der Waals surface area contributed by atoms with Crippen molar-refractivity contribution in [1.29, 1.82) is 0 Å². The summed E-state index contributed by atoms with van der Waals surface area (Å²) in [6, 6.07) is 0. The SMILES string of the molecule is CC1(/C=C\NC2=CC3(CCC2)CCC3)CNC1. The molecule has 0 aromatic carbocycles. The van der Waals surface area contributed by atoms with Crippen molar-refractivity contribution >= 4 is 0 Å². The molecule has 0 amide bonds. The van der Waals surface area contributed by atoms with Crippen LogP contribution in [0.2, 0.25) is 0 Å². The van der Waals surface area contributed by atoms with E-state index >= 15 is 0 Å². The van der Waals surface area contributed by atoms with Gasteiger partial charge >= 0.3 is 0 Å². The summed E-state index contributed by atoms with van der Waals surface area (Å²) in [7, 11) is 0. The van der Waals surface area contributed by atoms with Crippen LogP contribution < -0.4 is 10.6 Å². The molecular weight excluding hydrogens is 208 g/mol. The Morgan fingerprint density at radius 3 is 2.59 bits per heavy atom. The molecule has 0 unspecified atom stereocenters. The minimum Gasteiger partial charge on any atom is -0.366 e. The molecule has 2 fully saturated rings. The summed E-state index contributed by atoms with van der Waals surface area (Å²) in [5, 5.41) is 6.85. The second-order valence-corrected chi connectivity index (χ2v) is 6.47. The van der Waals surface area contributed by atoms with Crippen molar-refractivity contribution in [2.45, 2.75) is 45.4 Å². The highest BCUT2D eigenvalue weighted by Crippen LogP contribution is 2.49. The first-order chi connectivity index (χ1) is 8.20. The maximum atomic E-state index is 3.52. The van der Waals surface area contributed by atoms with Crippen LogP contribution >= 0.6 is 0 Å². The molecule has 17 heavy (non-hydrogen) atoms. The highest BCUT2D eigenvalue weighted by molar-refractivity contribution is 5.17. The molecule has 1 heterocycles. The Bertz CT molecular complexity index is 346. The summed E-state index contributed by atoms with van der Waals surface area (Å²) >= 11 is 0. The van der Waals surface area contributed by atoms with E-state index in [-0.39, 0.29) is 0 Å². The highest BCUT2D eigenvalue weighted by Gasteiger charge is 2.36. The lowest BCUT2D eigenvalue weighted by atomic mass is 9.63. The number of nitrogens with one attached hydrogen (secondary N) is 2. The lowest BCUT2D eigenvalue weighted by Gasteiger charge is -2.42. The van der Waals surface area contributed by atoms with E-state index in [1.807, 2.05) is 0 Å². The van der Waals surface area contributed by atoms with Gasteiger partial charge in [0.15, 0.2) is 0 Å². The van der Waals surface area contributed by atoms with E-state index in [0.717, 1.165) is 13.1 Å². The molecule has 1 saturated carbocycles. The zero-order valence-corrected chi connectivity index (χ0v) is 10.9. The van der Waals surface area contributed by atoms with Gasteiger partial charge in [-0.05, 0) is 43.7 Å². The maximum absolute atomic E-state index is 3.52. The molecule has 2 nitrogen and oxygen atoms in total. The molecule has 0 radical (unpaired) electrons. The Labute approximate surface area is 105 Å². The van der Waals surface area contributed by atoms with Crippen LogP contribution in [-0.2, 0) is 0 Å². The predicted molar refractivity (Wildman–Crippen MR) is 71.5 cm³/mol. The van der Waals surface area contributed by atoms with E-state index < -0.39 is 0 Å². The lowest BCUT2D eigenvalue weighted by Crippen LogP contribution is -2.50. The molecule has 2 heteroatoms. The summed E-state index contributed by atoms with van der Waals surface area (Å²) in [4.78, 5) is 0. The second-order valence-electron chi connectivity index (χ2n) is 6.47. The van der Waals surface area contributed by atoms with Gasteiger partial charge in [-0.15, -0.1) is 0 Å². The molecule has 3 aliphatic rings. The van der Waals surface area contributed by atoms with E-state index in [0.29, 0.717) is 10.8 Å². The van der Waals surface area contributed by atoms with Crippen LogP contribution in [0.25, 0.3) is 0 Å². The molecule has 0 atom stereocenters. The molecule has 0 bridgehead atoms. The van der Waals surface area contributed by atoms with Crippen molar-refractivity contribution in [3.8, 4) is 0 Å². The molecule has 0 aromatic heterocycles. The van der Waals surface area contributed by atoms with Gasteiger partial charge in [-0.1, -0.05) is 25.5 Å². The average Bonchev–Trinajstić information content (AvgIpc) is 2.25. The zero-order valence-electron chi connectivity index (χ0n) is 10.9. The van der Waals surface area contributed by atoms with Gasteiger partial charge in [0, 0.05) is 24.2 Å². The van der Waals surface area contributed by atoms with Gasteiger partial charge in [0.25, 0.3) is 0 Å².